The predicted molar refractivity (Wildman–Crippen MR) is 85.1 cm³/mol. The van der Waals surface area contributed by atoms with Crippen LogP contribution in [-0.4, -0.2) is 25.5 Å². The Hall–Kier alpha value is 0.0839. The molecule has 1 aromatic rings. The van der Waals surface area contributed by atoms with Gasteiger partial charge in [-0.3, -0.25) is 0 Å². The fourth-order valence-corrected chi connectivity index (χ4v) is 4.17. The quantitative estimate of drug-likeness (QED) is 0.710. The molecule has 0 aromatic heterocycles. The summed E-state index contributed by atoms with van der Waals surface area (Å²) in [5.74, 6) is 0. The summed E-state index contributed by atoms with van der Waals surface area (Å²) in [4.78, 5) is 4.88. The first kappa shape index (κ1) is 17.4. The molecule has 2 aliphatic heterocycles. The number of nitrogens with zero attached hydrogens (tertiary/aromatic N) is 2. The van der Waals surface area contributed by atoms with Crippen molar-refractivity contribution in [2.45, 2.75) is 51.6 Å². The van der Waals surface area contributed by atoms with Gasteiger partial charge in [-0.25, -0.2) is 0 Å². The van der Waals surface area contributed by atoms with Crippen molar-refractivity contribution in [1.29, 1.82) is 0 Å². The SMILES string of the molecule is [CH2-]Cc1[c-]c2c(c3c1N(C)CC3)C(C)(C)N(C)C2(C)C.[Y]. The van der Waals surface area contributed by atoms with E-state index < -0.39 is 0 Å². The van der Waals surface area contributed by atoms with Gasteiger partial charge in [0.15, 0.2) is 0 Å². The van der Waals surface area contributed by atoms with Gasteiger partial charge in [0.25, 0.3) is 0 Å². The van der Waals surface area contributed by atoms with Crippen LogP contribution >= 0.6 is 0 Å². The van der Waals surface area contributed by atoms with Gasteiger partial charge in [-0.15, -0.1) is 16.7 Å². The van der Waals surface area contributed by atoms with Crippen molar-refractivity contribution in [1.82, 2.24) is 4.90 Å². The van der Waals surface area contributed by atoms with Crippen LogP contribution in [0, 0.1) is 13.0 Å². The molecule has 2 aliphatic rings. The summed E-state index contributed by atoms with van der Waals surface area (Å²) in [6.07, 6.45) is 1.98. The molecule has 3 rings (SSSR count). The Kier molecular flexibility index (Phi) is 4.42. The summed E-state index contributed by atoms with van der Waals surface area (Å²) in [6, 6.07) is 3.74. The Morgan fingerprint density at radius 3 is 2.33 bits per heavy atom. The van der Waals surface area contributed by atoms with Gasteiger partial charge in [0, 0.05) is 44.8 Å². The summed E-state index contributed by atoms with van der Waals surface area (Å²) in [7, 11) is 4.44. The van der Waals surface area contributed by atoms with Crippen molar-refractivity contribution in [3.63, 3.8) is 0 Å². The smallest absolute Gasteiger partial charge is 0.0179 e. The number of benzene rings is 1. The van der Waals surface area contributed by atoms with E-state index in [-0.39, 0.29) is 43.8 Å². The van der Waals surface area contributed by atoms with Gasteiger partial charge in [-0.2, -0.15) is 18.1 Å². The number of hydrogen-bond donors (Lipinski definition) is 0. The molecule has 2 heterocycles. The Morgan fingerprint density at radius 1 is 1.14 bits per heavy atom. The standard InChI is InChI=1S/C18H26N2.Y/c1-8-12-11-14-15(13-9-10-19(6)16(12)13)18(4,5)20(7)17(14,2)3;/h1,8-10H2,2-7H3;/q-2;. The summed E-state index contributed by atoms with van der Waals surface area (Å²) < 4.78 is 0. The third-order valence-electron chi connectivity index (χ3n) is 5.63. The van der Waals surface area contributed by atoms with Crippen LogP contribution in [0.25, 0.3) is 0 Å². The van der Waals surface area contributed by atoms with Crippen molar-refractivity contribution in [2.24, 2.45) is 0 Å². The molecule has 113 valence electrons. The van der Waals surface area contributed by atoms with E-state index in [1.165, 1.54) is 22.4 Å². The number of rotatable bonds is 1. The molecule has 0 saturated heterocycles. The van der Waals surface area contributed by atoms with E-state index >= 15 is 0 Å². The Balaban J connectivity index is 0.00000161. The minimum atomic E-state index is 0. The Morgan fingerprint density at radius 2 is 1.76 bits per heavy atom. The Labute approximate surface area is 155 Å². The van der Waals surface area contributed by atoms with Gasteiger partial charge >= 0.3 is 0 Å². The third kappa shape index (κ3) is 2.16. The molecule has 0 amide bonds. The summed E-state index contributed by atoms with van der Waals surface area (Å²) in [6.45, 7) is 14.6. The van der Waals surface area contributed by atoms with Crippen molar-refractivity contribution < 1.29 is 32.7 Å². The first-order chi connectivity index (χ1) is 9.22. The molecule has 3 heteroatoms. The van der Waals surface area contributed by atoms with Crippen molar-refractivity contribution in [3.8, 4) is 0 Å². The number of fused-ring (bicyclic) bond motifs is 3. The Bertz CT molecular complexity index is 575. The van der Waals surface area contributed by atoms with Crippen LogP contribution in [0.3, 0.4) is 0 Å². The van der Waals surface area contributed by atoms with E-state index in [1.807, 2.05) is 0 Å². The molecule has 1 aromatic carbocycles. The normalized spacial score (nSPS) is 22.0. The number of hydrogen-bond acceptors (Lipinski definition) is 2. The molecule has 0 spiro atoms. The van der Waals surface area contributed by atoms with Gasteiger partial charge in [0.05, 0.1) is 0 Å². The van der Waals surface area contributed by atoms with Gasteiger partial charge in [0.2, 0.25) is 0 Å². The number of likely N-dealkylation sites (N-methyl/N-ethyl adjacent to an activating group) is 1. The summed E-state index contributed by atoms with van der Waals surface area (Å²) in [5, 5.41) is 0. The van der Waals surface area contributed by atoms with Crippen LogP contribution in [0.4, 0.5) is 5.69 Å². The maximum absolute atomic E-state index is 4.12. The molecule has 1 radical (unpaired) electrons. The maximum atomic E-state index is 4.12. The fraction of sp³-hybridized carbons (Fsp3) is 0.611. The molecule has 0 unspecified atom stereocenters. The van der Waals surface area contributed by atoms with Crippen LogP contribution in [0.5, 0.6) is 0 Å². The molecular formula is C18H26N2Y-2. The van der Waals surface area contributed by atoms with E-state index in [0.29, 0.717) is 0 Å². The second-order valence-electron chi connectivity index (χ2n) is 7.28. The van der Waals surface area contributed by atoms with E-state index in [9.17, 15) is 0 Å². The van der Waals surface area contributed by atoms with Crippen LogP contribution in [-0.2, 0) is 56.6 Å². The van der Waals surface area contributed by atoms with Gasteiger partial charge in [-0.05, 0) is 39.9 Å². The molecule has 0 bridgehead atoms. The van der Waals surface area contributed by atoms with E-state index in [2.05, 4.69) is 64.6 Å². The fourth-order valence-electron chi connectivity index (χ4n) is 4.17. The average molecular weight is 359 g/mol. The molecular weight excluding hydrogens is 333 g/mol. The topological polar surface area (TPSA) is 6.48 Å². The molecule has 21 heavy (non-hydrogen) atoms. The first-order valence-corrected chi connectivity index (χ1v) is 7.59. The third-order valence-corrected chi connectivity index (χ3v) is 5.63. The molecule has 2 nitrogen and oxygen atoms in total. The zero-order valence-corrected chi connectivity index (χ0v) is 17.1. The van der Waals surface area contributed by atoms with Crippen molar-refractivity contribution in [3.05, 3.63) is 35.2 Å². The minimum absolute atomic E-state index is 0. The van der Waals surface area contributed by atoms with Crippen molar-refractivity contribution in [2.75, 3.05) is 25.5 Å². The predicted octanol–water partition coefficient (Wildman–Crippen LogP) is 3.27. The van der Waals surface area contributed by atoms with Gasteiger partial charge in [-0.1, -0.05) is 19.5 Å². The zero-order valence-electron chi connectivity index (χ0n) is 14.3. The van der Waals surface area contributed by atoms with Crippen LogP contribution in [0.2, 0.25) is 0 Å². The van der Waals surface area contributed by atoms with Gasteiger partial charge < -0.3 is 16.7 Å². The van der Waals surface area contributed by atoms with Crippen LogP contribution < -0.4 is 4.90 Å². The largest absolute Gasteiger partial charge is 0.426 e. The van der Waals surface area contributed by atoms with Crippen LogP contribution in [0.1, 0.15) is 49.9 Å². The van der Waals surface area contributed by atoms with Gasteiger partial charge in [0.1, 0.15) is 0 Å². The van der Waals surface area contributed by atoms with E-state index in [4.69, 9.17) is 0 Å². The molecule has 0 saturated carbocycles. The minimum Gasteiger partial charge on any atom is -0.426 e. The van der Waals surface area contributed by atoms with Crippen molar-refractivity contribution >= 4 is 5.69 Å². The molecule has 0 fully saturated rings. The average Bonchev–Trinajstić information content (AvgIpc) is 2.82. The maximum Gasteiger partial charge on any atom is 0.0179 e. The van der Waals surface area contributed by atoms with E-state index in [0.717, 1.165) is 19.4 Å². The monoisotopic (exact) mass is 359 g/mol. The van der Waals surface area contributed by atoms with Crippen LogP contribution in [0.15, 0.2) is 0 Å². The molecule has 0 atom stereocenters. The van der Waals surface area contributed by atoms with E-state index in [1.54, 1.807) is 5.56 Å². The second kappa shape index (κ2) is 5.32. The molecule has 0 N–H and O–H groups in total. The summed E-state index contributed by atoms with van der Waals surface area (Å²) >= 11 is 0. The first-order valence-electron chi connectivity index (χ1n) is 7.59. The second-order valence-corrected chi connectivity index (χ2v) is 7.28. The molecule has 0 aliphatic carbocycles. The summed E-state index contributed by atoms with van der Waals surface area (Å²) in [5.41, 5.74) is 7.25. The number of anilines is 1. The zero-order chi connectivity index (χ0) is 14.9.